The molecule has 0 aromatic heterocycles. The largest absolute Gasteiger partial charge is 0.480 e. The molecule has 178 valence electrons. The number of hydrogen-bond acceptors (Lipinski definition) is 6. The van der Waals surface area contributed by atoms with Gasteiger partial charge >= 0.3 is 5.97 Å². The van der Waals surface area contributed by atoms with Gasteiger partial charge in [-0.2, -0.15) is 0 Å². The van der Waals surface area contributed by atoms with Gasteiger partial charge < -0.3 is 20.1 Å². The van der Waals surface area contributed by atoms with E-state index < -0.39 is 27.8 Å². The summed E-state index contributed by atoms with van der Waals surface area (Å²) < 4.78 is 29.5. The molecule has 0 bridgehead atoms. The van der Waals surface area contributed by atoms with E-state index >= 15 is 0 Å². The summed E-state index contributed by atoms with van der Waals surface area (Å²) in [7, 11) is -3.35. The van der Waals surface area contributed by atoms with Gasteiger partial charge in [0, 0.05) is 22.6 Å². The normalized spacial score (nSPS) is 14.2. The standard InChI is InChI=1S/C25H26N2O6S/c1-2-34(31,32)13-12-22(25(29)30)26-24(28)18-7-5-8-19(14-18)27-15-21-20-9-4-3-6-17(20)10-11-23(21)33-16-27/h3-11,14,22H,2,12-13,15-16H2,1H3,(H,26,28)(H,29,30). The molecule has 0 fully saturated rings. The number of carbonyl (C=O) groups is 2. The molecule has 3 aromatic carbocycles. The zero-order chi connectivity index (χ0) is 24.3. The summed E-state index contributed by atoms with van der Waals surface area (Å²) in [5.41, 5.74) is 2.10. The highest BCUT2D eigenvalue weighted by molar-refractivity contribution is 7.91. The van der Waals surface area contributed by atoms with Crippen molar-refractivity contribution in [3.63, 3.8) is 0 Å². The van der Waals surface area contributed by atoms with Crippen LogP contribution in [0.4, 0.5) is 5.69 Å². The maximum absolute atomic E-state index is 12.8. The fraction of sp³-hybridized carbons (Fsp3) is 0.280. The number of rotatable bonds is 8. The summed E-state index contributed by atoms with van der Waals surface area (Å²) in [4.78, 5) is 26.4. The third-order valence-corrected chi connectivity index (χ3v) is 7.69. The van der Waals surface area contributed by atoms with E-state index in [9.17, 15) is 23.1 Å². The monoisotopic (exact) mass is 482 g/mol. The van der Waals surface area contributed by atoms with Gasteiger partial charge in [0.05, 0.1) is 12.3 Å². The van der Waals surface area contributed by atoms with Crippen LogP contribution < -0.4 is 15.0 Å². The lowest BCUT2D eigenvalue weighted by Gasteiger charge is -2.31. The number of benzene rings is 3. The Bertz CT molecular complexity index is 1340. The molecule has 1 atom stereocenters. The lowest BCUT2D eigenvalue weighted by molar-refractivity contribution is -0.139. The number of nitrogens with one attached hydrogen (secondary N) is 1. The van der Waals surface area contributed by atoms with Crippen molar-refractivity contribution in [3.05, 3.63) is 71.8 Å². The molecule has 1 heterocycles. The fourth-order valence-electron chi connectivity index (χ4n) is 3.95. The van der Waals surface area contributed by atoms with Gasteiger partial charge in [-0.05, 0) is 41.5 Å². The average molecular weight is 483 g/mol. The number of carboxylic acids is 1. The number of hydrogen-bond donors (Lipinski definition) is 2. The first-order valence-electron chi connectivity index (χ1n) is 11.0. The number of aliphatic carboxylic acids is 1. The maximum atomic E-state index is 12.8. The van der Waals surface area contributed by atoms with E-state index in [1.807, 2.05) is 41.3 Å². The number of amides is 1. The summed E-state index contributed by atoms with van der Waals surface area (Å²) in [6.07, 6.45) is -0.194. The number of carboxylic acid groups (broad SMARTS) is 1. The van der Waals surface area contributed by atoms with Crippen LogP contribution in [0.1, 0.15) is 29.3 Å². The number of fused-ring (bicyclic) bond motifs is 3. The molecule has 34 heavy (non-hydrogen) atoms. The lowest BCUT2D eigenvalue weighted by atomic mass is 10.0. The summed E-state index contributed by atoms with van der Waals surface area (Å²) in [6.45, 7) is 2.40. The van der Waals surface area contributed by atoms with Crippen LogP contribution in [0.25, 0.3) is 10.8 Å². The summed E-state index contributed by atoms with van der Waals surface area (Å²) in [5, 5.41) is 14.1. The molecular formula is C25H26N2O6S. The second-order valence-corrected chi connectivity index (χ2v) is 10.6. The number of sulfone groups is 1. The first-order valence-corrected chi connectivity index (χ1v) is 12.8. The highest BCUT2D eigenvalue weighted by Crippen LogP contribution is 2.34. The Hall–Kier alpha value is -3.59. The minimum Gasteiger partial charge on any atom is -0.480 e. The van der Waals surface area contributed by atoms with Crippen LogP contribution in [0.2, 0.25) is 0 Å². The second kappa shape index (κ2) is 9.72. The minimum atomic E-state index is -3.35. The molecule has 3 aromatic rings. The quantitative estimate of drug-likeness (QED) is 0.507. The van der Waals surface area contributed by atoms with Crippen LogP contribution in [-0.4, -0.2) is 49.7 Å². The molecule has 9 heteroatoms. The Labute approximate surface area is 198 Å². The predicted molar refractivity (Wildman–Crippen MR) is 130 cm³/mol. The summed E-state index contributed by atoms with van der Waals surface area (Å²) in [6, 6.07) is 17.6. The number of anilines is 1. The van der Waals surface area contributed by atoms with Crippen molar-refractivity contribution >= 4 is 38.2 Å². The Morgan fingerprint density at radius 3 is 2.68 bits per heavy atom. The van der Waals surface area contributed by atoms with Crippen molar-refractivity contribution < 1.29 is 27.9 Å². The molecule has 0 saturated heterocycles. The zero-order valence-corrected chi connectivity index (χ0v) is 19.5. The van der Waals surface area contributed by atoms with Gasteiger partial charge in [0.2, 0.25) is 0 Å². The molecule has 8 nitrogen and oxygen atoms in total. The van der Waals surface area contributed by atoms with Crippen molar-refractivity contribution in [2.24, 2.45) is 0 Å². The molecule has 0 aliphatic carbocycles. The third kappa shape index (κ3) is 5.14. The van der Waals surface area contributed by atoms with E-state index in [4.69, 9.17) is 4.74 Å². The Kier molecular flexibility index (Phi) is 6.74. The van der Waals surface area contributed by atoms with Crippen LogP contribution in [0.15, 0.2) is 60.7 Å². The van der Waals surface area contributed by atoms with E-state index in [1.54, 1.807) is 18.2 Å². The van der Waals surface area contributed by atoms with Crippen LogP contribution in [-0.2, 0) is 21.2 Å². The van der Waals surface area contributed by atoms with E-state index in [1.165, 1.54) is 6.92 Å². The molecule has 0 spiro atoms. The first kappa shape index (κ1) is 23.6. The van der Waals surface area contributed by atoms with Crippen molar-refractivity contribution in [2.45, 2.75) is 25.9 Å². The molecule has 0 saturated carbocycles. The van der Waals surface area contributed by atoms with E-state index in [-0.39, 0.29) is 23.5 Å². The number of carbonyl (C=O) groups excluding carboxylic acids is 1. The fourth-order valence-corrected chi connectivity index (χ4v) is 4.83. The zero-order valence-electron chi connectivity index (χ0n) is 18.7. The van der Waals surface area contributed by atoms with E-state index in [0.717, 1.165) is 27.8 Å². The van der Waals surface area contributed by atoms with E-state index in [0.29, 0.717) is 13.3 Å². The van der Waals surface area contributed by atoms with Crippen LogP contribution in [0.5, 0.6) is 5.75 Å². The second-order valence-electron chi connectivity index (χ2n) is 8.17. The molecule has 1 aliphatic heterocycles. The average Bonchev–Trinajstić information content (AvgIpc) is 2.86. The topological polar surface area (TPSA) is 113 Å². The highest BCUT2D eigenvalue weighted by Gasteiger charge is 2.24. The van der Waals surface area contributed by atoms with Crippen molar-refractivity contribution in [3.8, 4) is 5.75 Å². The van der Waals surface area contributed by atoms with Gasteiger partial charge in [-0.15, -0.1) is 0 Å². The van der Waals surface area contributed by atoms with Gasteiger partial charge in [0.25, 0.3) is 5.91 Å². The van der Waals surface area contributed by atoms with Gasteiger partial charge in [-0.3, -0.25) is 4.79 Å². The van der Waals surface area contributed by atoms with Crippen molar-refractivity contribution in [1.82, 2.24) is 5.32 Å². The molecule has 1 unspecified atom stereocenters. The summed E-state index contributed by atoms with van der Waals surface area (Å²) >= 11 is 0. The minimum absolute atomic E-state index is 0.0777. The van der Waals surface area contributed by atoms with Gasteiger partial charge in [-0.1, -0.05) is 43.3 Å². The lowest BCUT2D eigenvalue weighted by Crippen LogP contribution is -2.42. The van der Waals surface area contributed by atoms with Crippen molar-refractivity contribution in [2.75, 3.05) is 23.1 Å². The van der Waals surface area contributed by atoms with Crippen molar-refractivity contribution in [1.29, 1.82) is 0 Å². The smallest absolute Gasteiger partial charge is 0.326 e. The first-order chi connectivity index (χ1) is 16.3. The van der Waals surface area contributed by atoms with Gasteiger partial charge in [-0.25, -0.2) is 13.2 Å². The Balaban J connectivity index is 1.51. The predicted octanol–water partition coefficient (Wildman–Crippen LogP) is 3.20. The molecule has 0 radical (unpaired) electrons. The van der Waals surface area contributed by atoms with Crippen LogP contribution >= 0.6 is 0 Å². The highest BCUT2D eigenvalue weighted by atomic mass is 32.2. The number of ether oxygens (including phenoxy) is 1. The molecular weight excluding hydrogens is 456 g/mol. The van der Waals surface area contributed by atoms with Crippen LogP contribution in [0, 0.1) is 0 Å². The molecule has 4 rings (SSSR count). The Morgan fingerprint density at radius 2 is 1.91 bits per heavy atom. The molecule has 1 aliphatic rings. The van der Waals surface area contributed by atoms with E-state index in [2.05, 4.69) is 11.4 Å². The van der Waals surface area contributed by atoms with Gasteiger partial charge in [0.1, 0.15) is 21.6 Å². The Morgan fingerprint density at radius 1 is 1.12 bits per heavy atom. The number of nitrogens with zero attached hydrogens (tertiary/aromatic N) is 1. The maximum Gasteiger partial charge on any atom is 0.326 e. The van der Waals surface area contributed by atoms with Gasteiger partial charge in [0.15, 0.2) is 6.73 Å². The van der Waals surface area contributed by atoms with Crippen LogP contribution in [0.3, 0.4) is 0 Å². The molecule has 1 amide bonds. The molecule has 2 N–H and O–H groups in total. The third-order valence-electron chi connectivity index (χ3n) is 5.96. The SMILES string of the molecule is CCS(=O)(=O)CCC(NC(=O)c1cccc(N2COc3ccc4ccccc4c3C2)c1)C(=O)O. The summed E-state index contributed by atoms with van der Waals surface area (Å²) in [5.74, 6) is -1.41.